The molecule has 0 heterocycles. The summed E-state index contributed by atoms with van der Waals surface area (Å²) in [6, 6.07) is 7.94. The first kappa shape index (κ1) is 14.8. The smallest absolute Gasteiger partial charge is 0.190 e. The normalized spacial score (nSPS) is 11.7. The molecule has 0 aromatic heterocycles. The van der Waals surface area contributed by atoms with Gasteiger partial charge in [-0.05, 0) is 30.0 Å². The van der Waals surface area contributed by atoms with E-state index in [1.165, 1.54) is 5.56 Å². The maximum absolute atomic E-state index is 5.94. The van der Waals surface area contributed by atoms with Gasteiger partial charge in [0.2, 0.25) is 0 Å². The molecule has 0 aliphatic heterocycles. The lowest BCUT2D eigenvalue weighted by molar-refractivity contribution is 0.614. The van der Waals surface area contributed by atoms with Crippen molar-refractivity contribution >= 4 is 17.6 Å². The van der Waals surface area contributed by atoms with Gasteiger partial charge in [-0.2, -0.15) is 0 Å². The first-order valence-corrected chi connectivity index (χ1v) is 6.68. The van der Waals surface area contributed by atoms with Gasteiger partial charge in [0, 0.05) is 25.2 Å². The molecule has 3 nitrogen and oxygen atoms in total. The summed E-state index contributed by atoms with van der Waals surface area (Å²) in [6.07, 6.45) is 0.933. The van der Waals surface area contributed by atoms with E-state index < -0.39 is 0 Å². The Bertz CT molecular complexity index is 388. The van der Waals surface area contributed by atoms with Crippen LogP contribution in [-0.4, -0.2) is 26.1 Å². The molecule has 0 saturated carbocycles. The molecule has 1 aromatic carbocycles. The molecule has 0 bridgehead atoms. The van der Waals surface area contributed by atoms with Crippen molar-refractivity contribution in [3.63, 3.8) is 0 Å². The molecule has 2 N–H and O–H groups in total. The zero-order valence-electron chi connectivity index (χ0n) is 11.3. The molecule has 0 aliphatic rings. The van der Waals surface area contributed by atoms with Gasteiger partial charge < -0.3 is 10.6 Å². The number of benzene rings is 1. The van der Waals surface area contributed by atoms with E-state index in [2.05, 4.69) is 35.5 Å². The van der Waals surface area contributed by atoms with Crippen LogP contribution in [0.4, 0.5) is 0 Å². The Balaban J connectivity index is 2.31. The third-order valence-electron chi connectivity index (χ3n) is 2.50. The Hall–Kier alpha value is -1.22. The van der Waals surface area contributed by atoms with Crippen LogP contribution in [0.3, 0.4) is 0 Å². The fourth-order valence-corrected chi connectivity index (χ4v) is 1.75. The quantitative estimate of drug-likeness (QED) is 0.636. The maximum atomic E-state index is 5.94. The van der Waals surface area contributed by atoms with Gasteiger partial charge >= 0.3 is 0 Å². The topological polar surface area (TPSA) is 36.4 Å². The molecular weight excluding hydrogens is 246 g/mol. The number of rotatable bonds is 5. The minimum atomic E-state index is 0.608. The van der Waals surface area contributed by atoms with Crippen molar-refractivity contribution in [3.8, 4) is 0 Å². The van der Waals surface area contributed by atoms with Crippen molar-refractivity contribution in [3.05, 3.63) is 34.9 Å². The van der Waals surface area contributed by atoms with Crippen molar-refractivity contribution in [2.75, 3.05) is 20.1 Å². The van der Waals surface area contributed by atoms with Crippen LogP contribution in [0, 0.1) is 5.92 Å². The maximum Gasteiger partial charge on any atom is 0.190 e. The predicted molar refractivity (Wildman–Crippen MR) is 79.4 cm³/mol. The van der Waals surface area contributed by atoms with Gasteiger partial charge in [0.05, 0.1) is 0 Å². The molecule has 0 radical (unpaired) electrons. The highest BCUT2D eigenvalue weighted by atomic mass is 35.5. The van der Waals surface area contributed by atoms with E-state index in [9.17, 15) is 0 Å². The lowest BCUT2D eigenvalue weighted by Crippen LogP contribution is -2.39. The molecule has 0 saturated heterocycles. The van der Waals surface area contributed by atoms with Crippen LogP contribution in [0.1, 0.15) is 19.4 Å². The van der Waals surface area contributed by atoms with Crippen LogP contribution < -0.4 is 10.6 Å². The van der Waals surface area contributed by atoms with Crippen LogP contribution in [-0.2, 0) is 6.42 Å². The number of hydrogen-bond donors (Lipinski definition) is 2. The summed E-state index contributed by atoms with van der Waals surface area (Å²) >= 11 is 5.94. The second-order valence-corrected chi connectivity index (χ2v) is 5.09. The van der Waals surface area contributed by atoms with Gasteiger partial charge in [0.1, 0.15) is 0 Å². The van der Waals surface area contributed by atoms with E-state index in [0.717, 1.165) is 30.5 Å². The average Bonchev–Trinajstić information content (AvgIpc) is 2.33. The molecule has 18 heavy (non-hydrogen) atoms. The van der Waals surface area contributed by atoms with Crippen molar-refractivity contribution in [2.24, 2.45) is 10.9 Å². The van der Waals surface area contributed by atoms with E-state index in [1.807, 2.05) is 18.2 Å². The zero-order valence-corrected chi connectivity index (χ0v) is 12.1. The lowest BCUT2D eigenvalue weighted by Gasteiger charge is -2.13. The molecule has 4 heteroatoms. The monoisotopic (exact) mass is 267 g/mol. The number of nitrogens with zero attached hydrogens (tertiary/aromatic N) is 1. The van der Waals surface area contributed by atoms with Crippen LogP contribution in [0.15, 0.2) is 29.3 Å². The Morgan fingerprint density at radius 2 is 2.11 bits per heavy atom. The zero-order chi connectivity index (χ0) is 13.4. The number of nitrogens with one attached hydrogen (secondary N) is 2. The minimum absolute atomic E-state index is 0.608. The van der Waals surface area contributed by atoms with Gasteiger partial charge in [-0.1, -0.05) is 37.6 Å². The molecular formula is C14H22ClN3. The lowest BCUT2D eigenvalue weighted by atomic mass is 10.1. The fraction of sp³-hybridized carbons (Fsp3) is 0.500. The Morgan fingerprint density at radius 3 is 2.72 bits per heavy atom. The number of halogens is 1. The molecule has 0 spiro atoms. The second-order valence-electron chi connectivity index (χ2n) is 4.65. The molecule has 0 atom stereocenters. The van der Waals surface area contributed by atoms with Crippen LogP contribution in [0.25, 0.3) is 0 Å². The summed E-state index contributed by atoms with van der Waals surface area (Å²) in [5.41, 5.74) is 1.23. The van der Waals surface area contributed by atoms with E-state index in [4.69, 9.17) is 11.6 Å². The third kappa shape index (κ3) is 5.92. The van der Waals surface area contributed by atoms with Crippen molar-refractivity contribution in [1.29, 1.82) is 0 Å². The molecule has 0 fully saturated rings. The molecule has 1 aromatic rings. The number of guanidine groups is 1. The van der Waals surface area contributed by atoms with Gasteiger partial charge in [-0.25, -0.2) is 0 Å². The Kier molecular flexibility index (Phi) is 6.58. The Labute approximate surface area is 115 Å². The van der Waals surface area contributed by atoms with E-state index in [-0.39, 0.29) is 0 Å². The molecule has 0 aliphatic carbocycles. The van der Waals surface area contributed by atoms with Gasteiger partial charge in [0.15, 0.2) is 5.96 Å². The van der Waals surface area contributed by atoms with E-state index in [1.54, 1.807) is 7.05 Å². The third-order valence-corrected chi connectivity index (χ3v) is 2.73. The summed E-state index contributed by atoms with van der Waals surface area (Å²) in [4.78, 5) is 4.18. The number of hydrogen-bond acceptors (Lipinski definition) is 1. The molecule has 0 amide bonds. The highest BCUT2D eigenvalue weighted by Gasteiger charge is 1.99. The average molecular weight is 268 g/mol. The predicted octanol–water partition coefficient (Wildman–Crippen LogP) is 2.70. The van der Waals surface area contributed by atoms with Gasteiger partial charge in [0.25, 0.3) is 0 Å². The van der Waals surface area contributed by atoms with Crippen LogP contribution >= 0.6 is 11.6 Å². The first-order valence-electron chi connectivity index (χ1n) is 6.30. The van der Waals surface area contributed by atoms with Crippen molar-refractivity contribution in [2.45, 2.75) is 20.3 Å². The van der Waals surface area contributed by atoms with Crippen LogP contribution in [0.5, 0.6) is 0 Å². The van der Waals surface area contributed by atoms with Gasteiger partial charge in [-0.15, -0.1) is 0 Å². The summed E-state index contributed by atoms with van der Waals surface area (Å²) in [7, 11) is 1.79. The fourth-order valence-electron chi connectivity index (χ4n) is 1.54. The largest absolute Gasteiger partial charge is 0.356 e. The second kappa shape index (κ2) is 7.98. The Morgan fingerprint density at radius 1 is 1.33 bits per heavy atom. The summed E-state index contributed by atoms with van der Waals surface area (Å²) in [6.45, 7) is 6.12. The first-order chi connectivity index (χ1) is 8.61. The SMILES string of the molecule is CN=C(NCCc1cccc(Cl)c1)NCC(C)C. The highest BCUT2D eigenvalue weighted by molar-refractivity contribution is 6.30. The highest BCUT2D eigenvalue weighted by Crippen LogP contribution is 2.10. The molecule has 100 valence electrons. The summed E-state index contributed by atoms with van der Waals surface area (Å²) in [5.74, 6) is 1.46. The summed E-state index contributed by atoms with van der Waals surface area (Å²) < 4.78 is 0. The van der Waals surface area contributed by atoms with Crippen molar-refractivity contribution in [1.82, 2.24) is 10.6 Å². The minimum Gasteiger partial charge on any atom is -0.356 e. The summed E-state index contributed by atoms with van der Waals surface area (Å²) in [5, 5.41) is 7.35. The van der Waals surface area contributed by atoms with Crippen molar-refractivity contribution < 1.29 is 0 Å². The molecule has 1 rings (SSSR count). The number of aliphatic imine (C=N–C) groups is 1. The van der Waals surface area contributed by atoms with E-state index in [0.29, 0.717) is 5.92 Å². The standard InChI is InChI=1S/C14H22ClN3/c1-11(2)10-18-14(16-3)17-8-7-12-5-4-6-13(15)9-12/h4-6,9,11H,7-8,10H2,1-3H3,(H2,16,17,18). The van der Waals surface area contributed by atoms with E-state index >= 15 is 0 Å². The molecule has 0 unspecified atom stereocenters. The van der Waals surface area contributed by atoms with Gasteiger partial charge in [-0.3, -0.25) is 4.99 Å². The van der Waals surface area contributed by atoms with Crippen LogP contribution in [0.2, 0.25) is 5.02 Å².